The highest BCUT2D eigenvalue weighted by atomic mass is 19.1. The molecule has 1 aromatic rings. The first kappa shape index (κ1) is 13.1. The van der Waals surface area contributed by atoms with Gasteiger partial charge in [0.15, 0.2) is 11.6 Å². The van der Waals surface area contributed by atoms with E-state index in [0.717, 1.165) is 25.0 Å². The lowest BCUT2D eigenvalue weighted by Gasteiger charge is -2.19. The van der Waals surface area contributed by atoms with Gasteiger partial charge in [0.05, 0.1) is 17.4 Å². The molecule has 2 N–H and O–H groups in total. The molecule has 1 saturated heterocycles. The van der Waals surface area contributed by atoms with E-state index in [0.29, 0.717) is 0 Å². The molecule has 0 radical (unpaired) electrons. The molecule has 1 aliphatic rings. The Morgan fingerprint density at radius 3 is 2.72 bits per heavy atom. The minimum Gasteiger partial charge on any atom is -0.488 e. The molecule has 1 aromatic carbocycles. The van der Waals surface area contributed by atoms with Crippen molar-refractivity contribution in [3.63, 3.8) is 0 Å². The molecule has 1 unspecified atom stereocenters. The Balaban J connectivity index is 1.97. The summed E-state index contributed by atoms with van der Waals surface area (Å²) in [5, 5.41) is 0. The van der Waals surface area contributed by atoms with Crippen LogP contribution >= 0.6 is 0 Å². The van der Waals surface area contributed by atoms with Gasteiger partial charge in [-0.3, -0.25) is 0 Å². The van der Waals surface area contributed by atoms with E-state index in [9.17, 15) is 8.78 Å². The third-order valence-electron chi connectivity index (χ3n) is 3.03. The number of anilines is 1. The van der Waals surface area contributed by atoms with E-state index in [4.69, 9.17) is 15.2 Å². The van der Waals surface area contributed by atoms with Crippen molar-refractivity contribution in [1.29, 1.82) is 0 Å². The standard InChI is InChI=1S/C13H17F2NO2/c1-13(2)4-3-8(18-13)7-17-12-6-9(14)11(16)5-10(12)15/h5-6,8H,3-4,7,16H2,1-2H3. The van der Waals surface area contributed by atoms with Gasteiger partial charge in [0, 0.05) is 12.1 Å². The maximum Gasteiger partial charge on any atom is 0.167 e. The number of hydrogen-bond acceptors (Lipinski definition) is 3. The Morgan fingerprint density at radius 1 is 1.39 bits per heavy atom. The number of rotatable bonds is 3. The number of ether oxygens (including phenoxy) is 2. The molecule has 5 heteroatoms. The van der Waals surface area contributed by atoms with Crippen LogP contribution in [0.15, 0.2) is 12.1 Å². The first-order valence-electron chi connectivity index (χ1n) is 5.92. The molecule has 0 aromatic heterocycles. The Bertz CT molecular complexity index is 449. The van der Waals surface area contributed by atoms with Crippen LogP contribution in [0, 0.1) is 11.6 Å². The highest BCUT2D eigenvalue weighted by Crippen LogP contribution is 2.30. The molecule has 0 aliphatic carbocycles. The van der Waals surface area contributed by atoms with Crippen molar-refractivity contribution >= 4 is 5.69 Å². The minimum absolute atomic E-state index is 0.0833. The van der Waals surface area contributed by atoms with E-state index in [2.05, 4.69) is 0 Å². The van der Waals surface area contributed by atoms with Crippen LogP contribution in [-0.4, -0.2) is 18.3 Å². The normalized spacial score (nSPS) is 22.1. The fourth-order valence-corrected chi connectivity index (χ4v) is 2.03. The molecule has 1 heterocycles. The average Bonchev–Trinajstić information content (AvgIpc) is 2.62. The quantitative estimate of drug-likeness (QED) is 0.847. The lowest BCUT2D eigenvalue weighted by Crippen LogP contribution is -2.24. The Morgan fingerprint density at radius 2 is 2.11 bits per heavy atom. The van der Waals surface area contributed by atoms with Gasteiger partial charge in [0.25, 0.3) is 0 Å². The van der Waals surface area contributed by atoms with E-state index in [1.807, 2.05) is 13.8 Å². The Labute approximate surface area is 105 Å². The Hall–Kier alpha value is -1.36. The van der Waals surface area contributed by atoms with E-state index in [1.165, 1.54) is 0 Å². The van der Waals surface area contributed by atoms with Crippen LogP contribution < -0.4 is 10.5 Å². The fourth-order valence-electron chi connectivity index (χ4n) is 2.03. The lowest BCUT2D eigenvalue weighted by atomic mass is 10.1. The monoisotopic (exact) mass is 257 g/mol. The molecule has 2 rings (SSSR count). The second kappa shape index (κ2) is 4.72. The van der Waals surface area contributed by atoms with Crippen LogP contribution in [0.25, 0.3) is 0 Å². The van der Waals surface area contributed by atoms with Gasteiger partial charge < -0.3 is 15.2 Å². The topological polar surface area (TPSA) is 44.5 Å². The maximum atomic E-state index is 13.4. The first-order valence-corrected chi connectivity index (χ1v) is 5.92. The summed E-state index contributed by atoms with van der Waals surface area (Å²) in [6, 6.07) is 1.88. The molecule has 100 valence electrons. The van der Waals surface area contributed by atoms with Crippen molar-refractivity contribution in [3.8, 4) is 5.75 Å². The van der Waals surface area contributed by atoms with Gasteiger partial charge in [0.1, 0.15) is 12.4 Å². The van der Waals surface area contributed by atoms with Gasteiger partial charge in [-0.15, -0.1) is 0 Å². The molecule has 1 fully saturated rings. The molecule has 0 amide bonds. The second-order valence-corrected chi connectivity index (χ2v) is 5.15. The molecule has 0 bridgehead atoms. The van der Waals surface area contributed by atoms with Crippen molar-refractivity contribution < 1.29 is 18.3 Å². The second-order valence-electron chi connectivity index (χ2n) is 5.15. The average molecular weight is 257 g/mol. The summed E-state index contributed by atoms with van der Waals surface area (Å²) in [4.78, 5) is 0. The zero-order valence-corrected chi connectivity index (χ0v) is 10.5. The van der Waals surface area contributed by atoms with Crippen LogP contribution in [0.3, 0.4) is 0 Å². The maximum absolute atomic E-state index is 13.4. The molecule has 0 spiro atoms. The third kappa shape index (κ3) is 2.90. The summed E-state index contributed by atoms with van der Waals surface area (Å²) in [6.07, 6.45) is 1.70. The van der Waals surface area contributed by atoms with E-state index in [-0.39, 0.29) is 29.7 Å². The molecular formula is C13H17F2NO2. The van der Waals surface area contributed by atoms with Crippen LogP contribution in [-0.2, 0) is 4.74 Å². The van der Waals surface area contributed by atoms with Gasteiger partial charge in [-0.2, -0.15) is 0 Å². The zero-order valence-electron chi connectivity index (χ0n) is 10.5. The molecule has 1 atom stereocenters. The third-order valence-corrected chi connectivity index (χ3v) is 3.03. The van der Waals surface area contributed by atoms with Gasteiger partial charge in [-0.25, -0.2) is 8.78 Å². The summed E-state index contributed by atoms with van der Waals surface area (Å²) in [5.74, 6) is -1.47. The van der Waals surface area contributed by atoms with Crippen LogP contribution in [0.4, 0.5) is 14.5 Å². The van der Waals surface area contributed by atoms with Gasteiger partial charge in [-0.1, -0.05) is 0 Å². The van der Waals surface area contributed by atoms with Gasteiger partial charge >= 0.3 is 0 Å². The fraction of sp³-hybridized carbons (Fsp3) is 0.538. The van der Waals surface area contributed by atoms with Crippen molar-refractivity contribution in [3.05, 3.63) is 23.8 Å². The number of nitrogens with two attached hydrogens (primary N) is 1. The van der Waals surface area contributed by atoms with Crippen molar-refractivity contribution in [2.24, 2.45) is 0 Å². The van der Waals surface area contributed by atoms with Gasteiger partial charge in [-0.05, 0) is 26.7 Å². The molecule has 18 heavy (non-hydrogen) atoms. The van der Waals surface area contributed by atoms with Crippen LogP contribution in [0.5, 0.6) is 5.75 Å². The molecule has 3 nitrogen and oxygen atoms in total. The highest BCUT2D eigenvalue weighted by Gasteiger charge is 2.32. The molecule has 1 aliphatic heterocycles. The van der Waals surface area contributed by atoms with Crippen LogP contribution in [0.2, 0.25) is 0 Å². The predicted molar refractivity (Wildman–Crippen MR) is 64.5 cm³/mol. The lowest BCUT2D eigenvalue weighted by molar-refractivity contribution is -0.0331. The summed E-state index contributed by atoms with van der Waals surface area (Å²) < 4.78 is 37.6. The first-order chi connectivity index (χ1) is 8.37. The smallest absolute Gasteiger partial charge is 0.167 e. The number of nitrogen functional groups attached to an aromatic ring is 1. The zero-order chi connectivity index (χ0) is 13.3. The summed E-state index contributed by atoms with van der Waals surface area (Å²) in [6.45, 7) is 4.21. The molecule has 0 saturated carbocycles. The number of hydrogen-bond donors (Lipinski definition) is 1. The van der Waals surface area contributed by atoms with Gasteiger partial charge in [0.2, 0.25) is 0 Å². The number of benzene rings is 1. The van der Waals surface area contributed by atoms with Crippen LogP contribution in [0.1, 0.15) is 26.7 Å². The highest BCUT2D eigenvalue weighted by molar-refractivity contribution is 5.44. The van der Waals surface area contributed by atoms with E-state index >= 15 is 0 Å². The van der Waals surface area contributed by atoms with E-state index in [1.54, 1.807) is 0 Å². The van der Waals surface area contributed by atoms with Crippen molar-refractivity contribution in [2.75, 3.05) is 12.3 Å². The summed E-state index contributed by atoms with van der Waals surface area (Å²) >= 11 is 0. The minimum atomic E-state index is -0.681. The number of halogens is 2. The Kier molecular flexibility index (Phi) is 3.43. The molecular weight excluding hydrogens is 240 g/mol. The van der Waals surface area contributed by atoms with Crippen molar-refractivity contribution in [2.45, 2.75) is 38.4 Å². The van der Waals surface area contributed by atoms with Crippen molar-refractivity contribution in [1.82, 2.24) is 0 Å². The largest absolute Gasteiger partial charge is 0.488 e. The SMILES string of the molecule is CC1(C)CCC(COc2cc(F)c(N)cc2F)O1. The van der Waals surface area contributed by atoms with E-state index < -0.39 is 11.6 Å². The summed E-state index contributed by atoms with van der Waals surface area (Å²) in [7, 11) is 0. The summed E-state index contributed by atoms with van der Waals surface area (Å²) in [5.41, 5.74) is 4.86. The predicted octanol–water partition coefficient (Wildman–Crippen LogP) is 2.88.